The molecule has 0 aromatic heterocycles. The van der Waals surface area contributed by atoms with Crippen LogP contribution in [0.2, 0.25) is 10.0 Å². The van der Waals surface area contributed by atoms with Gasteiger partial charge in [-0.15, -0.1) is 0 Å². The van der Waals surface area contributed by atoms with Gasteiger partial charge in [0.25, 0.3) is 0 Å². The minimum Gasteiger partial charge on any atom is -0.352 e. The molecule has 1 unspecified atom stereocenters. The normalized spacial score (nSPS) is 12.4. The molecule has 2 rings (SSSR count). The van der Waals surface area contributed by atoms with E-state index in [0.717, 1.165) is 16.1 Å². The number of benzene rings is 2. The van der Waals surface area contributed by atoms with Gasteiger partial charge in [0.2, 0.25) is 21.8 Å². The lowest BCUT2D eigenvalue weighted by Crippen LogP contribution is -2.53. The smallest absolute Gasteiger partial charge is 0.244 e. The van der Waals surface area contributed by atoms with Crippen LogP contribution >= 0.6 is 23.2 Å². The van der Waals surface area contributed by atoms with Gasteiger partial charge in [0.15, 0.2) is 0 Å². The van der Waals surface area contributed by atoms with E-state index in [4.69, 9.17) is 23.2 Å². The Hall–Kier alpha value is -2.29. The third kappa shape index (κ3) is 7.61. The van der Waals surface area contributed by atoms with Crippen molar-refractivity contribution in [3.8, 4) is 0 Å². The largest absolute Gasteiger partial charge is 0.352 e. The fraction of sp³-hybridized carbons (Fsp3) is 0.417. The quantitative estimate of drug-likeness (QED) is 0.495. The number of hydrogen-bond acceptors (Lipinski definition) is 4. The number of amides is 2. The summed E-state index contributed by atoms with van der Waals surface area (Å²) in [6.45, 7) is 6.85. The van der Waals surface area contributed by atoms with Crippen LogP contribution in [0.5, 0.6) is 0 Å². The number of carbonyl (C=O) groups excluding carboxylic acids is 2. The second-order valence-corrected chi connectivity index (χ2v) is 11.2. The number of nitrogens with one attached hydrogen (secondary N) is 1. The first-order chi connectivity index (χ1) is 15.8. The van der Waals surface area contributed by atoms with Gasteiger partial charge in [-0.25, -0.2) is 8.42 Å². The van der Waals surface area contributed by atoms with E-state index in [9.17, 15) is 18.0 Å². The van der Waals surface area contributed by atoms with Gasteiger partial charge < -0.3 is 10.2 Å². The van der Waals surface area contributed by atoms with Crippen LogP contribution in [-0.4, -0.2) is 50.0 Å². The van der Waals surface area contributed by atoms with Gasteiger partial charge in [0.1, 0.15) is 12.6 Å². The summed E-state index contributed by atoms with van der Waals surface area (Å²) in [4.78, 5) is 27.9. The van der Waals surface area contributed by atoms with Gasteiger partial charge in [-0.3, -0.25) is 13.9 Å². The number of rotatable bonds is 10. The minimum atomic E-state index is -3.78. The predicted octanol–water partition coefficient (Wildman–Crippen LogP) is 4.40. The zero-order chi connectivity index (χ0) is 25.6. The number of sulfonamides is 1. The molecule has 2 aromatic rings. The first kappa shape index (κ1) is 28.0. The van der Waals surface area contributed by atoms with Gasteiger partial charge in [0.05, 0.1) is 11.9 Å². The Morgan fingerprint density at radius 2 is 1.76 bits per heavy atom. The molecule has 0 aliphatic carbocycles. The molecule has 2 amide bonds. The molecule has 0 heterocycles. The van der Waals surface area contributed by atoms with Crippen molar-refractivity contribution in [1.29, 1.82) is 0 Å². The minimum absolute atomic E-state index is 0.0181. The molecule has 7 nitrogen and oxygen atoms in total. The maximum atomic E-state index is 13.6. The summed E-state index contributed by atoms with van der Waals surface area (Å²) in [7, 11) is -3.78. The molecule has 0 spiro atoms. The van der Waals surface area contributed by atoms with Gasteiger partial charge in [-0.05, 0) is 62.6 Å². The third-order valence-corrected chi connectivity index (χ3v) is 6.87. The van der Waals surface area contributed by atoms with E-state index < -0.39 is 28.5 Å². The van der Waals surface area contributed by atoms with E-state index in [1.807, 2.05) is 26.8 Å². The highest BCUT2D eigenvalue weighted by molar-refractivity contribution is 7.92. The Kier molecular flexibility index (Phi) is 9.79. The van der Waals surface area contributed by atoms with E-state index in [-0.39, 0.29) is 18.5 Å². The molecule has 0 saturated carbocycles. The molecule has 10 heteroatoms. The van der Waals surface area contributed by atoms with Crippen molar-refractivity contribution in [2.45, 2.75) is 52.7 Å². The van der Waals surface area contributed by atoms with Crippen LogP contribution in [0.3, 0.4) is 0 Å². The number of halogens is 2. The molecule has 0 aliphatic rings. The van der Waals surface area contributed by atoms with Crippen molar-refractivity contribution >= 4 is 50.7 Å². The molecule has 0 bridgehead atoms. The summed E-state index contributed by atoms with van der Waals surface area (Å²) in [5.74, 6) is -0.846. The summed E-state index contributed by atoms with van der Waals surface area (Å²) in [5.41, 5.74) is 1.82. The average Bonchev–Trinajstić information content (AvgIpc) is 2.71. The Balaban J connectivity index is 2.48. The van der Waals surface area contributed by atoms with Crippen LogP contribution in [0.15, 0.2) is 42.5 Å². The van der Waals surface area contributed by atoms with Gasteiger partial charge in [-0.2, -0.15) is 0 Å². The highest BCUT2D eigenvalue weighted by Crippen LogP contribution is 2.25. The Morgan fingerprint density at radius 1 is 1.09 bits per heavy atom. The van der Waals surface area contributed by atoms with Crippen molar-refractivity contribution < 1.29 is 18.0 Å². The number of anilines is 1. The van der Waals surface area contributed by atoms with E-state index in [1.165, 1.54) is 4.90 Å². The zero-order valence-corrected chi connectivity index (χ0v) is 22.3. The lowest BCUT2D eigenvalue weighted by molar-refractivity contribution is -0.140. The summed E-state index contributed by atoms with van der Waals surface area (Å²) in [6, 6.07) is 10.8. The third-order valence-electron chi connectivity index (χ3n) is 5.14. The SMILES string of the molecule is CCC(C(=O)NC(C)C)N(Cc1ccc(Cl)cc1Cl)C(=O)CN(c1cccc(C)c1)S(C)(=O)=O. The van der Waals surface area contributed by atoms with Gasteiger partial charge in [0, 0.05) is 22.6 Å². The molecular weight excluding hydrogens is 497 g/mol. The van der Waals surface area contributed by atoms with Crippen molar-refractivity contribution in [2.24, 2.45) is 0 Å². The zero-order valence-electron chi connectivity index (χ0n) is 20.0. The van der Waals surface area contributed by atoms with Crippen LogP contribution in [0.4, 0.5) is 5.69 Å². The van der Waals surface area contributed by atoms with Crippen molar-refractivity contribution in [2.75, 3.05) is 17.1 Å². The van der Waals surface area contributed by atoms with E-state index >= 15 is 0 Å². The molecular formula is C24H31Cl2N3O4S. The van der Waals surface area contributed by atoms with E-state index in [2.05, 4.69) is 5.32 Å². The maximum Gasteiger partial charge on any atom is 0.244 e. The number of carbonyl (C=O) groups is 2. The average molecular weight is 529 g/mol. The van der Waals surface area contributed by atoms with Crippen LogP contribution < -0.4 is 9.62 Å². The first-order valence-electron chi connectivity index (χ1n) is 10.9. The highest BCUT2D eigenvalue weighted by Gasteiger charge is 2.32. The van der Waals surface area contributed by atoms with Crippen LogP contribution in [-0.2, 0) is 26.2 Å². The lowest BCUT2D eigenvalue weighted by Gasteiger charge is -2.33. The summed E-state index contributed by atoms with van der Waals surface area (Å²) in [5, 5.41) is 3.64. The molecule has 2 aromatic carbocycles. The van der Waals surface area contributed by atoms with Crippen LogP contribution in [0.1, 0.15) is 38.3 Å². The Morgan fingerprint density at radius 3 is 2.29 bits per heavy atom. The highest BCUT2D eigenvalue weighted by atomic mass is 35.5. The van der Waals surface area contributed by atoms with Crippen molar-refractivity contribution in [3.63, 3.8) is 0 Å². The van der Waals surface area contributed by atoms with Crippen LogP contribution in [0.25, 0.3) is 0 Å². The van der Waals surface area contributed by atoms with E-state index in [1.54, 1.807) is 43.3 Å². The fourth-order valence-electron chi connectivity index (χ4n) is 3.53. The molecule has 0 radical (unpaired) electrons. The van der Waals surface area contributed by atoms with Crippen molar-refractivity contribution in [3.05, 3.63) is 63.6 Å². The molecule has 0 saturated heterocycles. The lowest BCUT2D eigenvalue weighted by atomic mass is 10.1. The van der Waals surface area contributed by atoms with Gasteiger partial charge >= 0.3 is 0 Å². The van der Waals surface area contributed by atoms with Gasteiger partial charge in [-0.1, -0.05) is 48.3 Å². The molecule has 1 N–H and O–H groups in total. The van der Waals surface area contributed by atoms with Crippen molar-refractivity contribution in [1.82, 2.24) is 10.2 Å². The number of nitrogens with zero attached hydrogens (tertiary/aromatic N) is 2. The first-order valence-corrected chi connectivity index (χ1v) is 13.5. The molecule has 34 heavy (non-hydrogen) atoms. The Bertz CT molecular complexity index is 1140. The topological polar surface area (TPSA) is 86.8 Å². The molecule has 0 aliphatic heterocycles. The molecule has 186 valence electrons. The summed E-state index contributed by atoms with van der Waals surface area (Å²) >= 11 is 12.4. The summed E-state index contributed by atoms with van der Waals surface area (Å²) < 4.78 is 26.3. The van der Waals surface area contributed by atoms with E-state index in [0.29, 0.717) is 27.7 Å². The number of aryl methyl sites for hydroxylation is 1. The number of hydrogen-bond donors (Lipinski definition) is 1. The molecule has 1 atom stereocenters. The molecule has 0 fully saturated rings. The fourth-order valence-corrected chi connectivity index (χ4v) is 4.84. The summed E-state index contributed by atoms with van der Waals surface area (Å²) in [6.07, 6.45) is 1.38. The monoisotopic (exact) mass is 527 g/mol. The van der Waals surface area contributed by atoms with Crippen LogP contribution in [0, 0.1) is 6.92 Å². The second kappa shape index (κ2) is 11.9. The second-order valence-electron chi connectivity index (χ2n) is 8.45. The maximum absolute atomic E-state index is 13.6. The Labute approximate surface area is 212 Å². The predicted molar refractivity (Wildman–Crippen MR) is 138 cm³/mol. The standard InChI is InChI=1S/C24H31Cl2N3O4S/c1-6-22(24(31)27-16(2)3)28(14-18-10-11-19(25)13-21(18)26)23(30)15-29(34(5,32)33)20-9-7-8-17(4)12-20/h7-13,16,22H,6,14-15H2,1-5H3,(H,27,31).